The summed E-state index contributed by atoms with van der Waals surface area (Å²) < 4.78 is 1.70. The number of likely N-dealkylation sites (tertiary alicyclic amines) is 1. The lowest BCUT2D eigenvalue weighted by Gasteiger charge is -2.35. The predicted molar refractivity (Wildman–Crippen MR) is 103 cm³/mol. The molecule has 0 unspecified atom stereocenters. The van der Waals surface area contributed by atoms with Crippen LogP contribution < -0.4 is 4.90 Å². The molecule has 4 rings (SSSR count). The monoisotopic (exact) mass is 369 g/mol. The van der Waals surface area contributed by atoms with Gasteiger partial charge in [-0.05, 0) is 31.0 Å². The molecule has 2 aromatic rings. The average molecular weight is 369 g/mol. The van der Waals surface area contributed by atoms with Crippen LogP contribution in [0.4, 0.5) is 5.82 Å². The lowest BCUT2D eigenvalue weighted by molar-refractivity contribution is -0.132. The van der Waals surface area contributed by atoms with Gasteiger partial charge in [0.25, 0.3) is 0 Å². The summed E-state index contributed by atoms with van der Waals surface area (Å²) in [6.45, 7) is 5.88. The summed E-state index contributed by atoms with van der Waals surface area (Å²) in [6.07, 6.45) is 8.37. The van der Waals surface area contributed by atoms with Gasteiger partial charge >= 0.3 is 0 Å². The molecule has 8 nitrogen and oxygen atoms in total. The van der Waals surface area contributed by atoms with Crippen molar-refractivity contribution in [1.29, 1.82) is 0 Å². The van der Waals surface area contributed by atoms with E-state index in [1.54, 1.807) is 10.9 Å². The van der Waals surface area contributed by atoms with Crippen LogP contribution in [0.25, 0.3) is 5.82 Å². The van der Waals surface area contributed by atoms with Crippen molar-refractivity contribution in [3.8, 4) is 5.82 Å². The maximum atomic E-state index is 12.6. The van der Waals surface area contributed by atoms with Crippen molar-refractivity contribution in [1.82, 2.24) is 29.8 Å². The molecule has 2 aliphatic heterocycles. The highest BCUT2D eigenvalue weighted by atomic mass is 16.2. The van der Waals surface area contributed by atoms with Gasteiger partial charge in [0.15, 0.2) is 11.6 Å². The van der Waals surface area contributed by atoms with Crippen LogP contribution in [0.2, 0.25) is 0 Å². The fourth-order valence-corrected chi connectivity index (χ4v) is 3.76. The first kappa shape index (κ1) is 17.9. The molecular weight excluding hydrogens is 342 g/mol. The van der Waals surface area contributed by atoms with E-state index in [0.717, 1.165) is 57.9 Å². The number of hydrogen-bond donors (Lipinski definition) is 0. The van der Waals surface area contributed by atoms with E-state index in [2.05, 4.69) is 30.0 Å². The van der Waals surface area contributed by atoms with Gasteiger partial charge in [-0.3, -0.25) is 9.69 Å². The zero-order chi connectivity index (χ0) is 18.5. The Balaban J connectivity index is 1.28. The van der Waals surface area contributed by atoms with Gasteiger partial charge in [-0.1, -0.05) is 12.8 Å². The highest BCUT2D eigenvalue weighted by Gasteiger charge is 2.23. The van der Waals surface area contributed by atoms with E-state index in [1.165, 1.54) is 12.8 Å². The summed E-state index contributed by atoms with van der Waals surface area (Å²) in [6, 6.07) is 5.79. The van der Waals surface area contributed by atoms with Crippen molar-refractivity contribution < 1.29 is 4.79 Å². The van der Waals surface area contributed by atoms with E-state index in [4.69, 9.17) is 0 Å². The molecular formula is C19H27N7O. The van der Waals surface area contributed by atoms with Crippen molar-refractivity contribution in [2.45, 2.75) is 25.7 Å². The minimum Gasteiger partial charge on any atom is -0.353 e. The molecule has 0 bridgehead atoms. The zero-order valence-corrected chi connectivity index (χ0v) is 15.7. The molecule has 2 aromatic heterocycles. The second kappa shape index (κ2) is 8.47. The first-order valence-electron chi connectivity index (χ1n) is 9.88. The fraction of sp³-hybridized carbons (Fsp3) is 0.579. The molecule has 8 heteroatoms. The van der Waals surface area contributed by atoms with Crippen LogP contribution in [-0.2, 0) is 4.79 Å². The number of anilines is 1. The molecule has 2 aliphatic rings. The smallest absolute Gasteiger partial charge is 0.236 e. The van der Waals surface area contributed by atoms with Gasteiger partial charge in [-0.15, -0.1) is 10.2 Å². The highest BCUT2D eigenvalue weighted by molar-refractivity contribution is 5.78. The van der Waals surface area contributed by atoms with E-state index in [-0.39, 0.29) is 5.91 Å². The minimum absolute atomic E-state index is 0.286. The lowest BCUT2D eigenvalue weighted by atomic mass is 10.2. The molecule has 0 atom stereocenters. The van der Waals surface area contributed by atoms with Gasteiger partial charge in [0.2, 0.25) is 5.91 Å². The van der Waals surface area contributed by atoms with Crippen molar-refractivity contribution in [2.75, 3.05) is 50.7 Å². The number of amides is 1. The maximum absolute atomic E-state index is 12.6. The predicted octanol–water partition coefficient (Wildman–Crippen LogP) is 1.19. The average Bonchev–Trinajstić information content (AvgIpc) is 3.11. The molecule has 4 heterocycles. The fourth-order valence-electron chi connectivity index (χ4n) is 3.76. The second-order valence-corrected chi connectivity index (χ2v) is 7.26. The Hall–Kier alpha value is -2.48. The van der Waals surface area contributed by atoms with Gasteiger partial charge in [0.1, 0.15) is 0 Å². The standard InChI is InChI=1S/C19H27N7O/c27-19(25-9-3-1-2-4-10-25)16-23-12-14-24(15-13-23)17-6-7-18(22-21-17)26-11-5-8-20-26/h5-8,11H,1-4,9-10,12-16H2. The first-order chi connectivity index (χ1) is 13.3. The highest BCUT2D eigenvalue weighted by Crippen LogP contribution is 2.15. The quantitative estimate of drug-likeness (QED) is 0.806. The maximum Gasteiger partial charge on any atom is 0.236 e. The Morgan fingerprint density at radius 2 is 1.59 bits per heavy atom. The Kier molecular flexibility index (Phi) is 5.62. The molecule has 0 spiro atoms. The Morgan fingerprint density at radius 3 is 2.22 bits per heavy atom. The van der Waals surface area contributed by atoms with E-state index in [0.29, 0.717) is 12.4 Å². The molecule has 2 saturated heterocycles. The number of aromatic nitrogens is 4. The summed E-state index contributed by atoms with van der Waals surface area (Å²) in [7, 11) is 0. The van der Waals surface area contributed by atoms with Crippen molar-refractivity contribution in [2.24, 2.45) is 0 Å². The molecule has 0 saturated carbocycles. The minimum atomic E-state index is 0.286. The summed E-state index contributed by atoms with van der Waals surface area (Å²) >= 11 is 0. The first-order valence-corrected chi connectivity index (χ1v) is 9.88. The zero-order valence-electron chi connectivity index (χ0n) is 15.7. The van der Waals surface area contributed by atoms with Crippen LogP contribution in [0.1, 0.15) is 25.7 Å². The van der Waals surface area contributed by atoms with E-state index in [1.807, 2.05) is 24.4 Å². The summed E-state index contributed by atoms with van der Waals surface area (Å²) in [5.74, 6) is 1.88. The van der Waals surface area contributed by atoms with Crippen LogP contribution in [0, 0.1) is 0 Å². The van der Waals surface area contributed by atoms with E-state index >= 15 is 0 Å². The summed E-state index contributed by atoms with van der Waals surface area (Å²) in [4.78, 5) is 19.1. The van der Waals surface area contributed by atoms with Gasteiger partial charge < -0.3 is 9.80 Å². The number of carbonyl (C=O) groups is 1. The molecule has 144 valence electrons. The number of carbonyl (C=O) groups excluding carboxylic acids is 1. The number of nitrogens with zero attached hydrogens (tertiary/aromatic N) is 7. The van der Waals surface area contributed by atoms with Crippen molar-refractivity contribution in [3.63, 3.8) is 0 Å². The molecule has 2 fully saturated rings. The number of rotatable bonds is 4. The Morgan fingerprint density at radius 1 is 0.889 bits per heavy atom. The van der Waals surface area contributed by atoms with Gasteiger partial charge in [-0.25, -0.2) is 4.68 Å². The topological polar surface area (TPSA) is 70.4 Å². The third kappa shape index (κ3) is 4.44. The molecule has 0 radical (unpaired) electrons. The molecule has 1 amide bonds. The van der Waals surface area contributed by atoms with Crippen molar-refractivity contribution in [3.05, 3.63) is 30.6 Å². The molecule has 0 aromatic carbocycles. The molecule has 0 N–H and O–H groups in total. The lowest BCUT2D eigenvalue weighted by Crippen LogP contribution is -2.50. The van der Waals surface area contributed by atoms with Gasteiger partial charge in [0.05, 0.1) is 6.54 Å². The van der Waals surface area contributed by atoms with E-state index < -0.39 is 0 Å². The Labute approximate surface area is 159 Å². The SMILES string of the molecule is O=C(CN1CCN(c2ccc(-n3cccn3)nn2)CC1)N1CCCCCC1. The third-order valence-corrected chi connectivity index (χ3v) is 5.39. The number of hydrogen-bond acceptors (Lipinski definition) is 6. The van der Waals surface area contributed by atoms with Crippen LogP contribution in [0.5, 0.6) is 0 Å². The van der Waals surface area contributed by atoms with Gasteiger partial charge in [-0.2, -0.15) is 5.10 Å². The summed E-state index contributed by atoms with van der Waals surface area (Å²) in [5, 5.41) is 12.8. The largest absolute Gasteiger partial charge is 0.353 e. The van der Waals surface area contributed by atoms with Gasteiger partial charge in [0, 0.05) is 51.7 Å². The summed E-state index contributed by atoms with van der Waals surface area (Å²) in [5.41, 5.74) is 0. The van der Waals surface area contributed by atoms with Crippen LogP contribution in [0.3, 0.4) is 0 Å². The number of piperazine rings is 1. The Bertz CT molecular complexity index is 715. The van der Waals surface area contributed by atoms with E-state index in [9.17, 15) is 4.79 Å². The van der Waals surface area contributed by atoms with Crippen LogP contribution in [-0.4, -0.2) is 81.5 Å². The van der Waals surface area contributed by atoms with Crippen LogP contribution in [0.15, 0.2) is 30.6 Å². The molecule has 27 heavy (non-hydrogen) atoms. The van der Waals surface area contributed by atoms with Crippen LogP contribution >= 0.6 is 0 Å². The molecule has 0 aliphatic carbocycles. The second-order valence-electron chi connectivity index (χ2n) is 7.26. The normalized spacial score (nSPS) is 19.1. The van der Waals surface area contributed by atoms with Crippen molar-refractivity contribution >= 4 is 11.7 Å². The third-order valence-electron chi connectivity index (χ3n) is 5.39.